The van der Waals surface area contributed by atoms with E-state index in [2.05, 4.69) is 4.98 Å². The Bertz CT molecular complexity index is 547. The van der Waals surface area contributed by atoms with Gasteiger partial charge in [-0.05, 0) is 37.3 Å². The molecule has 0 amide bonds. The highest BCUT2D eigenvalue weighted by Crippen LogP contribution is 2.30. The molecule has 0 aliphatic heterocycles. The second-order valence-electron chi connectivity index (χ2n) is 3.14. The Morgan fingerprint density at radius 3 is 2.88 bits per heavy atom. The number of rotatable bonds is 3. The maximum atomic E-state index is 6.10. The highest BCUT2D eigenvalue weighted by Gasteiger charge is 2.05. The van der Waals surface area contributed by atoms with Crippen molar-refractivity contribution < 1.29 is 4.74 Å². The van der Waals surface area contributed by atoms with Gasteiger partial charge in [-0.1, -0.05) is 11.6 Å². The lowest BCUT2D eigenvalue weighted by Gasteiger charge is -2.06. The molecule has 5 heteroatoms. The second-order valence-corrected chi connectivity index (χ2v) is 5.09. The van der Waals surface area contributed by atoms with E-state index in [0.717, 1.165) is 15.2 Å². The molecule has 84 valence electrons. The number of aromatic nitrogens is 1. The Balaban J connectivity index is 2.37. The fraction of sp³-hybridized carbons (Fsp3) is 0.182. The van der Waals surface area contributed by atoms with E-state index in [4.69, 9.17) is 28.6 Å². The zero-order valence-corrected chi connectivity index (χ0v) is 11.0. The summed E-state index contributed by atoms with van der Waals surface area (Å²) < 4.78 is 6.14. The zero-order chi connectivity index (χ0) is 11.5. The predicted molar refractivity (Wildman–Crippen MR) is 71.1 cm³/mol. The molecule has 1 aromatic carbocycles. The van der Waals surface area contributed by atoms with Crippen LogP contribution in [-0.2, 0) is 0 Å². The van der Waals surface area contributed by atoms with Gasteiger partial charge in [-0.15, -0.1) is 11.3 Å². The number of thiazole rings is 1. The van der Waals surface area contributed by atoms with E-state index < -0.39 is 0 Å². The van der Waals surface area contributed by atoms with Crippen LogP contribution >= 0.6 is 35.2 Å². The second kappa shape index (κ2) is 4.99. The maximum Gasteiger partial charge on any atom is 0.158 e. The van der Waals surface area contributed by atoms with E-state index in [9.17, 15) is 0 Å². The molecule has 16 heavy (non-hydrogen) atoms. The summed E-state index contributed by atoms with van der Waals surface area (Å²) in [5.41, 5.74) is 2.00. The van der Waals surface area contributed by atoms with Crippen LogP contribution in [0, 0.1) is 3.95 Å². The Hall–Kier alpha value is -0.840. The Kier molecular flexibility index (Phi) is 3.63. The van der Waals surface area contributed by atoms with Crippen molar-refractivity contribution in [1.29, 1.82) is 0 Å². The van der Waals surface area contributed by atoms with Crippen LogP contribution in [0.5, 0.6) is 5.75 Å². The van der Waals surface area contributed by atoms with Gasteiger partial charge in [0, 0.05) is 10.9 Å². The fourth-order valence-electron chi connectivity index (χ4n) is 1.36. The molecule has 1 N–H and O–H groups in total. The lowest BCUT2D eigenvalue weighted by Crippen LogP contribution is -1.92. The number of aromatic amines is 1. The Labute approximate surface area is 108 Å². The molecule has 2 nitrogen and oxygen atoms in total. The molecule has 1 heterocycles. The molecule has 0 fully saturated rings. The van der Waals surface area contributed by atoms with Crippen LogP contribution in [0.2, 0.25) is 5.02 Å². The summed E-state index contributed by atoms with van der Waals surface area (Å²) >= 11 is 12.6. The summed E-state index contributed by atoms with van der Waals surface area (Å²) in [5, 5.41) is 2.60. The van der Waals surface area contributed by atoms with Gasteiger partial charge in [-0.25, -0.2) is 0 Å². The van der Waals surface area contributed by atoms with Gasteiger partial charge in [0.15, 0.2) is 3.95 Å². The highest BCUT2D eigenvalue weighted by atomic mass is 35.5. The first-order valence-corrected chi connectivity index (χ1v) is 6.48. The smallest absolute Gasteiger partial charge is 0.158 e. The molecule has 0 radical (unpaired) electrons. The van der Waals surface area contributed by atoms with Crippen molar-refractivity contribution in [3.05, 3.63) is 32.6 Å². The fourth-order valence-corrected chi connectivity index (χ4v) is 2.44. The molecule has 0 aliphatic carbocycles. The van der Waals surface area contributed by atoms with Gasteiger partial charge in [0.05, 0.1) is 17.3 Å². The summed E-state index contributed by atoms with van der Waals surface area (Å²) in [6.07, 6.45) is 0. The Morgan fingerprint density at radius 1 is 1.50 bits per heavy atom. The molecule has 0 unspecified atom stereocenters. The van der Waals surface area contributed by atoms with Crippen LogP contribution in [0.15, 0.2) is 23.6 Å². The zero-order valence-electron chi connectivity index (χ0n) is 8.62. The first-order valence-electron chi connectivity index (χ1n) is 4.81. The predicted octanol–water partition coefficient (Wildman–Crippen LogP) is 4.52. The van der Waals surface area contributed by atoms with Crippen molar-refractivity contribution >= 4 is 35.2 Å². The van der Waals surface area contributed by atoms with E-state index in [1.54, 1.807) is 0 Å². The number of nitrogens with one attached hydrogen (secondary N) is 1. The number of hydrogen-bond donors (Lipinski definition) is 1. The minimum atomic E-state index is 0.611. The van der Waals surface area contributed by atoms with E-state index in [1.807, 2.05) is 30.5 Å². The van der Waals surface area contributed by atoms with Crippen molar-refractivity contribution in [1.82, 2.24) is 4.98 Å². The standard InChI is InChI=1S/C11H10ClNOS2/c1-2-14-10-4-3-7(5-8(10)12)9-6-16-11(15)13-9/h3-6H,2H2,1H3,(H,13,15). The van der Waals surface area contributed by atoms with Crippen LogP contribution in [0.4, 0.5) is 0 Å². The largest absolute Gasteiger partial charge is 0.492 e. The highest BCUT2D eigenvalue weighted by molar-refractivity contribution is 7.73. The molecule has 0 atom stereocenters. The number of ether oxygens (including phenoxy) is 1. The summed E-state index contributed by atoms with van der Waals surface area (Å²) in [5.74, 6) is 0.710. The average molecular weight is 272 g/mol. The van der Waals surface area contributed by atoms with Crippen LogP contribution in [-0.4, -0.2) is 11.6 Å². The van der Waals surface area contributed by atoms with E-state index in [0.29, 0.717) is 17.4 Å². The third-order valence-corrected chi connectivity index (χ3v) is 3.42. The average Bonchev–Trinajstić information content (AvgIpc) is 2.68. The van der Waals surface area contributed by atoms with Crippen molar-refractivity contribution in [3.63, 3.8) is 0 Å². The van der Waals surface area contributed by atoms with Crippen LogP contribution in [0.3, 0.4) is 0 Å². The number of hydrogen-bond acceptors (Lipinski definition) is 3. The van der Waals surface area contributed by atoms with Crippen molar-refractivity contribution in [2.24, 2.45) is 0 Å². The van der Waals surface area contributed by atoms with Gasteiger partial charge in [0.25, 0.3) is 0 Å². The van der Waals surface area contributed by atoms with Gasteiger partial charge >= 0.3 is 0 Å². The summed E-state index contributed by atoms with van der Waals surface area (Å²) in [7, 11) is 0. The topological polar surface area (TPSA) is 25.0 Å². The summed E-state index contributed by atoms with van der Waals surface area (Å²) in [4.78, 5) is 3.10. The van der Waals surface area contributed by atoms with Gasteiger partial charge in [-0.2, -0.15) is 0 Å². The molecule has 0 saturated carbocycles. The van der Waals surface area contributed by atoms with Crippen molar-refractivity contribution in [3.8, 4) is 17.0 Å². The minimum absolute atomic E-state index is 0.611. The quantitative estimate of drug-likeness (QED) is 0.830. The lowest BCUT2D eigenvalue weighted by atomic mass is 10.2. The molecule has 1 aromatic heterocycles. The third-order valence-electron chi connectivity index (χ3n) is 2.06. The van der Waals surface area contributed by atoms with E-state index >= 15 is 0 Å². The van der Waals surface area contributed by atoms with Crippen LogP contribution < -0.4 is 4.74 Å². The Morgan fingerprint density at radius 2 is 2.31 bits per heavy atom. The van der Waals surface area contributed by atoms with Crippen LogP contribution in [0.25, 0.3) is 11.3 Å². The molecule has 0 aliphatic rings. The minimum Gasteiger partial charge on any atom is -0.492 e. The normalized spacial score (nSPS) is 10.4. The van der Waals surface area contributed by atoms with E-state index in [-0.39, 0.29) is 0 Å². The molecule has 0 spiro atoms. The van der Waals surface area contributed by atoms with Gasteiger partial charge in [0.2, 0.25) is 0 Å². The number of H-pyrrole nitrogens is 1. The summed E-state index contributed by atoms with van der Waals surface area (Å²) in [6.45, 7) is 2.54. The maximum absolute atomic E-state index is 6.10. The van der Waals surface area contributed by atoms with E-state index in [1.165, 1.54) is 11.3 Å². The monoisotopic (exact) mass is 271 g/mol. The molecular formula is C11H10ClNOS2. The SMILES string of the molecule is CCOc1ccc(-c2csc(=S)[nH]2)cc1Cl. The van der Waals surface area contributed by atoms with Crippen molar-refractivity contribution in [2.45, 2.75) is 6.92 Å². The molecule has 2 rings (SSSR count). The number of benzene rings is 1. The first kappa shape index (κ1) is 11.6. The van der Waals surface area contributed by atoms with Crippen molar-refractivity contribution in [2.75, 3.05) is 6.61 Å². The van der Waals surface area contributed by atoms with Crippen LogP contribution in [0.1, 0.15) is 6.92 Å². The molecule has 2 aromatic rings. The first-order chi connectivity index (χ1) is 7.70. The molecule has 0 bridgehead atoms. The molecular weight excluding hydrogens is 262 g/mol. The van der Waals surface area contributed by atoms with Gasteiger partial charge in [-0.3, -0.25) is 0 Å². The summed E-state index contributed by atoms with van der Waals surface area (Å²) in [6, 6.07) is 5.71. The third kappa shape index (κ3) is 2.45. The number of halogens is 1. The molecule has 0 saturated heterocycles. The lowest BCUT2D eigenvalue weighted by molar-refractivity contribution is 0.340. The van der Waals surface area contributed by atoms with Gasteiger partial charge in [0.1, 0.15) is 5.75 Å². The van der Waals surface area contributed by atoms with Gasteiger partial charge < -0.3 is 9.72 Å².